The molecule has 1 amide bonds. The molecule has 0 heterocycles. The van der Waals surface area contributed by atoms with Gasteiger partial charge in [-0.1, -0.05) is 44.9 Å². The Kier molecular flexibility index (Phi) is 7.21. The van der Waals surface area contributed by atoms with Gasteiger partial charge in [-0.05, 0) is 18.9 Å². The quantitative estimate of drug-likeness (QED) is 0.559. The fraction of sp³-hybridized carbons (Fsp3) is 0.923. The van der Waals surface area contributed by atoms with Gasteiger partial charge in [0.1, 0.15) is 6.04 Å². The van der Waals surface area contributed by atoms with E-state index in [1.165, 1.54) is 44.9 Å². The zero-order chi connectivity index (χ0) is 12.5. The van der Waals surface area contributed by atoms with E-state index in [1.807, 2.05) is 0 Å². The van der Waals surface area contributed by atoms with Crippen LogP contribution in [0.5, 0.6) is 0 Å². The first kappa shape index (κ1) is 14.5. The zero-order valence-corrected chi connectivity index (χ0v) is 10.7. The summed E-state index contributed by atoms with van der Waals surface area (Å²) in [6.07, 6.45) is 10.6. The molecule has 4 nitrogen and oxygen atoms in total. The molecule has 0 radical (unpaired) electrons. The van der Waals surface area contributed by atoms with Crippen LogP contribution in [0.25, 0.3) is 0 Å². The second-order valence-electron chi connectivity index (χ2n) is 5.09. The topological polar surface area (TPSA) is 75.4 Å². The summed E-state index contributed by atoms with van der Waals surface area (Å²) in [5.74, 6) is 0.452. The van der Waals surface area contributed by atoms with Crippen molar-refractivity contribution in [2.75, 3.05) is 13.2 Å². The van der Waals surface area contributed by atoms with Crippen molar-refractivity contribution in [2.45, 2.75) is 57.4 Å². The van der Waals surface area contributed by atoms with Gasteiger partial charge in [0.2, 0.25) is 5.91 Å². The number of aliphatic hydroxyl groups excluding tert-OH is 1. The molecular weight excluding hydrogens is 216 g/mol. The molecule has 1 rings (SSSR count). The number of primary amides is 1. The van der Waals surface area contributed by atoms with Gasteiger partial charge in [-0.15, -0.1) is 0 Å². The monoisotopic (exact) mass is 242 g/mol. The minimum absolute atomic E-state index is 0.210. The number of amides is 1. The molecule has 4 N–H and O–H groups in total. The molecular formula is C13H26N2O2. The van der Waals surface area contributed by atoms with Crippen LogP contribution in [-0.4, -0.2) is 30.2 Å². The van der Waals surface area contributed by atoms with E-state index in [1.54, 1.807) is 0 Å². The number of carbonyl (C=O) groups is 1. The molecule has 0 aromatic rings. The number of aliphatic hydroxyl groups is 1. The third kappa shape index (κ3) is 6.03. The van der Waals surface area contributed by atoms with Gasteiger partial charge >= 0.3 is 0 Å². The Morgan fingerprint density at radius 3 is 2.59 bits per heavy atom. The van der Waals surface area contributed by atoms with E-state index in [9.17, 15) is 4.79 Å². The van der Waals surface area contributed by atoms with E-state index < -0.39 is 11.9 Å². The highest BCUT2D eigenvalue weighted by Crippen LogP contribution is 2.27. The Hall–Kier alpha value is -0.610. The van der Waals surface area contributed by atoms with Crippen molar-refractivity contribution in [1.29, 1.82) is 0 Å². The van der Waals surface area contributed by atoms with Crippen LogP contribution < -0.4 is 11.1 Å². The number of nitrogens with one attached hydrogen (secondary N) is 1. The van der Waals surface area contributed by atoms with Crippen molar-refractivity contribution in [1.82, 2.24) is 5.32 Å². The van der Waals surface area contributed by atoms with Crippen molar-refractivity contribution in [3.8, 4) is 0 Å². The summed E-state index contributed by atoms with van der Waals surface area (Å²) in [5, 5.41) is 11.9. The van der Waals surface area contributed by atoms with Crippen molar-refractivity contribution in [3.63, 3.8) is 0 Å². The van der Waals surface area contributed by atoms with Gasteiger partial charge in [0.25, 0.3) is 0 Å². The molecule has 1 fully saturated rings. The standard InChI is InChI=1S/C13H26N2O2/c14-13(17)12(10-16)15-9-5-4-8-11-6-2-1-3-7-11/h11-12,15-16H,1-10H2,(H2,14,17)/t12-/m0/s1. The zero-order valence-electron chi connectivity index (χ0n) is 10.7. The van der Waals surface area contributed by atoms with Crippen molar-refractivity contribution < 1.29 is 9.90 Å². The maximum atomic E-state index is 10.8. The summed E-state index contributed by atoms with van der Waals surface area (Å²) < 4.78 is 0. The molecule has 1 saturated carbocycles. The van der Waals surface area contributed by atoms with Crippen molar-refractivity contribution in [2.24, 2.45) is 11.7 Å². The average molecular weight is 242 g/mol. The van der Waals surface area contributed by atoms with Crippen LogP contribution >= 0.6 is 0 Å². The van der Waals surface area contributed by atoms with Crippen LogP contribution in [0.15, 0.2) is 0 Å². The van der Waals surface area contributed by atoms with E-state index in [2.05, 4.69) is 5.32 Å². The normalized spacial score (nSPS) is 19.1. The van der Waals surface area contributed by atoms with Gasteiger partial charge in [0, 0.05) is 0 Å². The minimum atomic E-state index is -0.579. The number of unbranched alkanes of at least 4 members (excludes halogenated alkanes) is 1. The van der Waals surface area contributed by atoms with Crippen molar-refractivity contribution in [3.05, 3.63) is 0 Å². The predicted molar refractivity (Wildman–Crippen MR) is 68.5 cm³/mol. The SMILES string of the molecule is NC(=O)[C@H](CO)NCCCCC1CCCCC1. The minimum Gasteiger partial charge on any atom is -0.394 e. The average Bonchev–Trinajstić information content (AvgIpc) is 2.34. The predicted octanol–water partition coefficient (Wildman–Crippen LogP) is 1.17. The maximum Gasteiger partial charge on any atom is 0.236 e. The van der Waals surface area contributed by atoms with Gasteiger partial charge in [0.05, 0.1) is 6.61 Å². The number of nitrogens with two attached hydrogens (primary N) is 1. The molecule has 1 aliphatic rings. The summed E-state index contributed by atoms with van der Waals surface area (Å²) in [6, 6.07) is -0.579. The first-order chi connectivity index (χ1) is 8.24. The summed E-state index contributed by atoms with van der Waals surface area (Å²) >= 11 is 0. The Morgan fingerprint density at radius 1 is 1.29 bits per heavy atom. The van der Waals surface area contributed by atoms with Crippen molar-refractivity contribution >= 4 is 5.91 Å². The molecule has 0 aromatic carbocycles. The third-order valence-electron chi connectivity index (χ3n) is 3.68. The molecule has 0 aromatic heterocycles. The highest BCUT2D eigenvalue weighted by Gasteiger charge is 2.14. The maximum absolute atomic E-state index is 10.8. The van der Waals surface area contributed by atoms with Crippen LogP contribution in [0.1, 0.15) is 51.4 Å². The van der Waals surface area contributed by atoms with E-state index >= 15 is 0 Å². The first-order valence-electron chi connectivity index (χ1n) is 6.87. The second-order valence-corrected chi connectivity index (χ2v) is 5.09. The highest BCUT2D eigenvalue weighted by molar-refractivity contribution is 5.79. The lowest BCUT2D eigenvalue weighted by Crippen LogP contribution is -2.44. The number of carbonyl (C=O) groups excluding carboxylic acids is 1. The molecule has 4 heteroatoms. The number of rotatable bonds is 8. The molecule has 0 unspecified atom stereocenters. The fourth-order valence-corrected chi connectivity index (χ4v) is 2.57. The number of hydrogen-bond acceptors (Lipinski definition) is 3. The van der Waals surface area contributed by atoms with Crippen LogP contribution in [0.4, 0.5) is 0 Å². The van der Waals surface area contributed by atoms with E-state index in [0.717, 1.165) is 18.9 Å². The lowest BCUT2D eigenvalue weighted by atomic mass is 9.86. The van der Waals surface area contributed by atoms with Gasteiger partial charge in [-0.25, -0.2) is 0 Å². The Labute approximate surface area is 104 Å². The molecule has 17 heavy (non-hydrogen) atoms. The Morgan fingerprint density at radius 2 is 2.00 bits per heavy atom. The summed E-state index contributed by atoms with van der Waals surface area (Å²) in [4.78, 5) is 10.8. The lowest BCUT2D eigenvalue weighted by molar-refractivity contribution is -0.120. The second kappa shape index (κ2) is 8.48. The van der Waals surface area contributed by atoms with Crippen LogP contribution in [0.3, 0.4) is 0 Å². The first-order valence-corrected chi connectivity index (χ1v) is 6.87. The van der Waals surface area contributed by atoms with Crippen LogP contribution in [0.2, 0.25) is 0 Å². The van der Waals surface area contributed by atoms with Crippen LogP contribution in [-0.2, 0) is 4.79 Å². The van der Waals surface area contributed by atoms with Gasteiger partial charge in [0.15, 0.2) is 0 Å². The molecule has 100 valence electrons. The third-order valence-corrected chi connectivity index (χ3v) is 3.68. The van der Waals surface area contributed by atoms with E-state index in [0.29, 0.717) is 0 Å². The van der Waals surface area contributed by atoms with Gasteiger partial charge in [-0.3, -0.25) is 4.79 Å². The van der Waals surface area contributed by atoms with Gasteiger partial charge < -0.3 is 16.2 Å². The highest BCUT2D eigenvalue weighted by atomic mass is 16.3. The molecule has 0 bridgehead atoms. The summed E-state index contributed by atoms with van der Waals surface area (Å²) in [7, 11) is 0. The van der Waals surface area contributed by atoms with Crippen LogP contribution in [0, 0.1) is 5.92 Å². The molecule has 0 aliphatic heterocycles. The summed E-state index contributed by atoms with van der Waals surface area (Å²) in [6.45, 7) is 0.554. The fourth-order valence-electron chi connectivity index (χ4n) is 2.57. The van der Waals surface area contributed by atoms with Gasteiger partial charge in [-0.2, -0.15) is 0 Å². The molecule has 0 saturated heterocycles. The molecule has 1 aliphatic carbocycles. The Balaban J connectivity index is 1.98. The lowest BCUT2D eigenvalue weighted by Gasteiger charge is -2.21. The van der Waals surface area contributed by atoms with E-state index in [4.69, 9.17) is 10.8 Å². The van der Waals surface area contributed by atoms with E-state index in [-0.39, 0.29) is 6.61 Å². The Bertz CT molecular complexity index is 215. The molecule has 0 spiro atoms. The summed E-state index contributed by atoms with van der Waals surface area (Å²) in [5.41, 5.74) is 5.12. The largest absolute Gasteiger partial charge is 0.394 e. The molecule has 1 atom stereocenters. The number of hydrogen-bond donors (Lipinski definition) is 3. The smallest absolute Gasteiger partial charge is 0.236 e.